The minimum absolute atomic E-state index is 0.153. The van der Waals surface area contributed by atoms with E-state index in [4.69, 9.17) is 0 Å². The van der Waals surface area contributed by atoms with Crippen molar-refractivity contribution in [2.24, 2.45) is 0 Å². The molecular formula is C20H26FN3O. The molecule has 1 amide bonds. The maximum absolute atomic E-state index is 13.5. The van der Waals surface area contributed by atoms with Gasteiger partial charge in [0.05, 0.1) is 6.54 Å². The van der Waals surface area contributed by atoms with Gasteiger partial charge in [-0.25, -0.2) is 4.39 Å². The van der Waals surface area contributed by atoms with Gasteiger partial charge >= 0.3 is 0 Å². The molecule has 0 saturated heterocycles. The van der Waals surface area contributed by atoms with E-state index in [0.717, 1.165) is 24.3 Å². The van der Waals surface area contributed by atoms with Crippen LogP contribution in [0.1, 0.15) is 25.0 Å². The number of halogens is 1. The number of rotatable bonds is 8. The van der Waals surface area contributed by atoms with Gasteiger partial charge in [-0.15, -0.1) is 0 Å². The van der Waals surface area contributed by atoms with Crippen molar-refractivity contribution < 1.29 is 9.18 Å². The number of aryl methyl sites for hydroxylation is 1. The van der Waals surface area contributed by atoms with E-state index in [1.54, 1.807) is 18.2 Å². The maximum atomic E-state index is 13.5. The summed E-state index contributed by atoms with van der Waals surface area (Å²) >= 11 is 0. The molecule has 0 aliphatic heterocycles. The number of hydrogen-bond donors (Lipinski definition) is 2. The monoisotopic (exact) mass is 343 g/mol. The van der Waals surface area contributed by atoms with Gasteiger partial charge in [-0.2, -0.15) is 0 Å². The van der Waals surface area contributed by atoms with E-state index in [0.29, 0.717) is 5.56 Å². The lowest BCUT2D eigenvalue weighted by atomic mass is 10.1. The summed E-state index contributed by atoms with van der Waals surface area (Å²) in [6, 6.07) is 12.6. The summed E-state index contributed by atoms with van der Waals surface area (Å²) in [5.41, 5.74) is 3.68. The predicted octanol–water partition coefficient (Wildman–Crippen LogP) is 3.71. The Hall–Kier alpha value is -2.56. The fourth-order valence-electron chi connectivity index (χ4n) is 2.71. The van der Waals surface area contributed by atoms with E-state index in [9.17, 15) is 9.18 Å². The van der Waals surface area contributed by atoms with Gasteiger partial charge in [0.2, 0.25) is 5.91 Å². The van der Waals surface area contributed by atoms with E-state index in [1.807, 2.05) is 13.0 Å². The Labute approximate surface area is 149 Å². The third-order valence-electron chi connectivity index (χ3n) is 4.21. The quantitative estimate of drug-likeness (QED) is 0.768. The second kappa shape index (κ2) is 9.06. The minimum Gasteiger partial charge on any atom is -0.376 e. The minimum atomic E-state index is -0.307. The molecule has 0 aliphatic carbocycles. The molecule has 0 aliphatic rings. The molecule has 0 fully saturated rings. The summed E-state index contributed by atoms with van der Waals surface area (Å²) in [5, 5.41) is 5.87. The Morgan fingerprint density at radius 1 is 1.12 bits per heavy atom. The zero-order valence-electron chi connectivity index (χ0n) is 15.1. The third kappa shape index (κ3) is 5.21. The van der Waals surface area contributed by atoms with Crippen molar-refractivity contribution in [2.75, 3.05) is 29.9 Å². The number of benzene rings is 2. The number of anilines is 2. The van der Waals surface area contributed by atoms with Gasteiger partial charge in [0.1, 0.15) is 5.82 Å². The Bertz CT molecular complexity index is 714. The average molecular weight is 343 g/mol. The molecule has 4 nitrogen and oxygen atoms in total. The van der Waals surface area contributed by atoms with Crippen molar-refractivity contribution >= 4 is 17.3 Å². The van der Waals surface area contributed by atoms with Crippen LogP contribution in [0.5, 0.6) is 0 Å². The lowest BCUT2D eigenvalue weighted by molar-refractivity contribution is -0.119. The first-order valence-electron chi connectivity index (χ1n) is 8.64. The van der Waals surface area contributed by atoms with Crippen molar-refractivity contribution in [2.45, 2.75) is 27.3 Å². The van der Waals surface area contributed by atoms with Gasteiger partial charge in [-0.3, -0.25) is 4.79 Å². The largest absolute Gasteiger partial charge is 0.376 e. The number of carbonyl (C=O) groups is 1. The van der Waals surface area contributed by atoms with Crippen LogP contribution in [-0.2, 0) is 11.3 Å². The molecule has 2 aromatic carbocycles. The van der Waals surface area contributed by atoms with E-state index < -0.39 is 0 Å². The molecule has 2 N–H and O–H groups in total. The van der Waals surface area contributed by atoms with Crippen LogP contribution in [0.2, 0.25) is 0 Å². The zero-order valence-corrected chi connectivity index (χ0v) is 15.1. The summed E-state index contributed by atoms with van der Waals surface area (Å²) in [7, 11) is 0. The number of nitrogens with one attached hydrogen (secondary N) is 2. The fraction of sp³-hybridized carbons (Fsp3) is 0.350. The summed E-state index contributed by atoms with van der Waals surface area (Å²) in [6.07, 6.45) is 0. The Balaban J connectivity index is 1.88. The molecule has 134 valence electrons. The van der Waals surface area contributed by atoms with Crippen molar-refractivity contribution in [3.63, 3.8) is 0 Å². The smallest absolute Gasteiger partial charge is 0.239 e. The standard InChI is InChI=1S/C20H26FN3O/c1-4-24(5-2)17-10-11-19(15(3)12-17)22-14-20(25)23-13-16-8-6-7-9-18(16)21/h6-12,22H,4-5,13-14H2,1-3H3,(H,23,25). The van der Waals surface area contributed by atoms with Crippen LogP contribution in [-0.4, -0.2) is 25.5 Å². The van der Waals surface area contributed by atoms with Crippen LogP contribution in [0.15, 0.2) is 42.5 Å². The highest BCUT2D eigenvalue weighted by Gasteiger charge is 2.07. The number of nitrogens with zero attached hydrogens (tertiary/aromatic N) is 1. The van der Waals surface area contributed by atoms with Crippen LogP contribution in [0.3, 0.4) is 0 Å². The van der Waals surface area contributed by atoms with E-state index >= 15 is 0 Å². The predicted molar refractivity (Wildman–Crippen MR) is 101 cm³/mol. The van der Waals surface area contributed by atoms with E-state index in [2.05, 4.69) is 41.5 Å². The molecule has 2 rings (SSSR count). The first-order valence-corrected chi connectivity index (χ1v) is 8.64. The Kier molecular flexibility index (Phi) is 6.81. The number of carbonyl (C=O) groups excluding carboxylic acids is 1. The molecule has 0 radical (unpaired) electrons. The van der Waals surface area contributed by atoms with Gasteiger partial charge in [-0.1, -0.05) is 18.2 Å². The van der Waals surface area contributed by atoms with E-state index in [-0.39, 0.29) is 24.8 Å². The molecule has 0 heterocycles. The topological polar surface area (TPSA) is 44.4 Å². The maximum Gasteiger partial charge on any atom is 0.239 e. The lowest BCUT2D eigenvalue weighted by Crippen LogP contribution is -2.29. The molecular weight excluding hydrogens is 317 g/mol. The highest BCUT2D eigenvalue weighted by Crippen LogP contribution is 2.22. The molecule has 0 saturated carbocycles. The molecule has 25 heavy (non-hydrogen) atoms. The van der Waals surface area contributed by atoms with Crippen molar-refractivity contribution in [1.29, 1.82) is 0 Å². The van der Waals surface area contributed by atoms with Crippen molar-refractivity contribution in [3.8, 4) is 0 Å². The van der Waals surface area contributed by atoms with Gasteiger partial charge in [0.15, 0.2) is 0 Å². The average Bonchev–Trinajstić information content (AvgIpc) is 2.61. The van der Waals surface area contributed by atoms with Crippen LogP contribution in [0.4, 0.5) is 15.8 Å². The second-order valence-electron chi connectivity index (χ2n) is 5.89. The molecule has 0 aromatic heterocycles. The van der Waals surface area contributed by atoms with Crippen LogP contribution < -0.4 is 15.5 Å². The fourth-order valence-corrected chi connectivity index (χ4v) is 2.71. The van der Waals surface area contributed by atoms with Crippen LogP contribution in [0, 0.1) is 12.7 Å². The second-order valence-corrected chi connectivity index (χ2v) is 5.89. The summed E-state index contributed by atoms with van der Waals surface area (Å²) in [5.74, 6) is -0.478. The highest BCUT2D eigenvalue weighted by molar-refractivity contribution is 5.81. The normalized spacial score (nSPS) is 10.4. The van der Waals surface area contributed by atoms with E-state index in [1.165, 1.54) is 11.8 Å². The zero-order chi connectivity index (χ0) is 18.2. The van der Waals surface area contributed by atoms with Gasteiger partial charge in [0.25, 0.3) is 0 Å². The third-order valence-corrected chi connectivity index (χ3v) is 4.21. The summed E-state index contributed by atoms with van der Waals surface area (Å²) in [6.45, 7) is 8.54. The van der Waals surface area contributed by atoms with Crippen molar-refractivity contribution in [3.05, 3.63) is 59.4 Å². The first-order chi connectivity index (χ1) is 12.0. The lowest BCUT2D eigenvalue weighted by Gasteiger charge is -2.22. The number of amides is 1. The molecule has 5 heteroatoms. The Morgan fingerprint density at radius 2 is 1.84 bits per heavy atom. The van der Waals surface area contributed by atoms with Crippen LogP contribution >= 0.6 is 0 Å². The van der Waals surface area contributed by atoms with Gasteiger partial charge in [-0.05, 0) is 50.6 Å². The SMILES string of the molecule is CCN(CC)c1ccc(NCC(=O)NCc2ccccc2F)c(C)c1. The van der Waals surface area contributed by atoms with Gasteiger partial charge < -0.3 is 15.5 Å². The summed E-state index contributed by atoms with van der Waals surface area (Å²) < 4.78 is 13.5. The molecule has 0 atom stereocenters. The van der Waals surface area contributed by atoms with Crippen molar-refractivity contribution in [1.82, 2.24) is 5.32 Å². The molecule has 0 bridgehead atoms. The molecule has 2 aromatic rings. The number of hydrogen-bond acceptors (Lipinski definition) is 3. The van der Waals surface area contributed by atoms with Crippen LogP contribution in [0.25, 0.3) is 0 Å². The highest BCUT2D eigenvalue weighted by atomic mass is 19.1. The molecule has 0 spiro atoms. The van der Waals surface area contributed by atoms with Gasteiger partial charge in [0, 0.05) is 36.6 Å². The Morgan fingerprint density at radius 3 is 2.48 bits per heavy atom. The first kappa shape index (κ1) is 18.8. The summed E-state index contributed by atoms with van der Waals surface area (Å²) in [4.78, 5) is 14.3. The molecule has 0 unspecified atom stereocenters.